The Balaban J connectivity index is 2.95. The van der Waals surface area contributed by atoms with E-state index >= 15 is 0 Å². The zero-order chi connectivity index (χ0) is 8.27. The highest BCUT2D eigenvalue weighted by atomic mass is 32.1. The highest BCUT2D eigenvalue weighted by Gasteiger charge is 2.06. The molecule has 0 N–H and O–H groups in total. The molecule has 0 saturated carbocycles. The highest BCUT2D eigenvalue weighted by Crippen LogP contribution is 2.02. The summed E-state index contributed by atoms with van der Waals surface area (Å²) in [6, 6.07) is 8.85. The van der Waals surface area contributed by atoms with Crippen LogP contribution in [0.4, 0.5) is 0 Å². The molecule has 1 aromatic carbocycles. The molecule has 0 aliphatic rings. The third kappa shape index (κ3) is 2.13. The Kier molecular flexibility index (Phi) is 2.79. The minimum absolute atomic E-state index is 0.108. The van der Waals surface area contributed by atoms with Gasteiger partial charge < -0.3 is 0 Å². The van der Waals surface area contributed by atoms with Crippen LogP contribution in [0.3, 0.4) is 0 Å². The zero-order valence-electron chi connectivity index (χ0n) is 5.65. The molecule has 0 atom stereocenters. The number of benzene rings is 1. The molecule has 0 unspecified atom stereocenters. The molecule has 11 heavy (non-hydrogen) atoms. The second-order valence-corrected chi connectivity index (χ2v) is 3.16. The summed E-state index contributed by atoms with van der Waals surface area (Å²) < 4.78 is 0.108. The zero-order valence-corrected chi connectivity index (χ0v) is 7.36. The van der Waals surface area contributed by atoms with Crippen LogP contribution >= 0.6 is 24.8 Å². The number of thiocarbonyl (C=S) groups is 1. The molecule has 0 saturated heterocycles. The minimum Gasteiger partial charge on any atom is -0.287 e. The SMILES string of the molecule is O=C(C(=S)S)c1ccccc1. The van der Waals surface area contributed by atoms with Crippen molar-refractivity contribution in [3.63, 3.8) is 0 Å². The van der Waals surface area contributed by atoms with E-state index in [9.17, 15) is 4.79 Å². The van der Waals surface area contributed by atoms with E-state index in [0.717, 1.165) is 0 Å². The van der Waals surface area contributed by atoms with Gasteiger partial charge in [-0.05, 0) is 0 Å². The molecule has 0 fully saturated rings. The second-order valence-electron chi connectivity index (χ2n) is 2.00. The highest BCUT2D eigenvalue weighted by molar-refractivity contribution is 8.13. The summed E-state index contributed by atoms with van der Waals surface area (Å²) in [5.41, 5.74) is 0.590. The molecule has 0 aliphatic carbocycles. The monoisotopic (exact) mass is 182 g/mol. The van der Waals surface area contributed by atoms with Gasteiger partial charge in [-0.25, -0.2) is 0 Å². The van der Waals surface area contributed by atoms with Crippen molar-refractivity contribution in [2.24, 2.45) is 0 Å². The number of thiol groups is 1. The van der Waals surface area contributed by atoms with Crippen LogP contribution in [0.2, 0.25) is 0 Å². The van der Waals surface area contributed by atoms with Gasteiger partial charge in [-0.3, -0.25) is 4.79 Å². The van der Waals surface area contributed by atoms with E-state index in [1.54, 1.807) is 24.3 Å². The first-order valence-electron chi connectivity index (χ1n) is 3.04. The normalized spacial score (nSPS) is 9.18. The molecule has 0 aromatic heterocycles. The summed E-state index contributed by atoms with van der Waals surface area (Å²) in [5.74, 6) is -0.191. The predicted octanol–water partition coefficient (Wildman–Crippen LogP) is 2.13. The summed E-state index contributed by atoms with van der Waals surface area (Å²) in [4.78, 5) is 11.1. The van der Waals surface area contributed by atoms with E-state index < -0.39 is 0 Å². The number of carbonyl (C=O) groups is 1. The minimum atomic E-state index is -0.191. The quantitative estimate of drug-likeness (QED) is 0.429. The third-order valence-electron chi connectivity index (χ3n) is 1.23. The molecular weight excluding hydrogens is 176 g/mol. The molecule has 0 spiro atoms. The van der Waals surface area contributed by atoms with Crippen molar-refractivity contribution in [1.29, 1.82) is 0 Å². The van der Waals surface area contributed by atoms with Crippen LogP contribution in [0.1, 0.15) is 10.4 Å². The maximum Gasteiger partial charge on any atom is 0.209 e. The summed E-state index contributed by atoms with van der Waals surface area (Å²) in [5, 5.41) is 0. The summed E-state index contributed by atoms with van der Waals surface area (Å²) in [7, 11) is 0. The van der Waals surface area contributed by atoms with Crippen LogP contribution in [0.5, 0.6) is 0 Å². The van der Waals surface area contributed by atoms with Gasteiger partial charge in [-0.15, -0.1) is 12.6 Å². The maximum atomic E-state index is 11.1. The molecule has 56 valence electrons. The topological polar surface area (TPSA) is 17.1 Å². The Morgan fingerprint density at radius 2 is 1.82 bits per heavy atom. The molecule has 1 nitrogen and oxygen atoms in total. The van der Waals surface area contributed by atoms with Crippen molar-refractivity contribution in [2.75, 3.05) is 0 Å². The van der Waals surface area contributed by atoms with Gasteiger partial charge >= 0.3 is 0 Å². The Labute approximate surface area is 75.8 Å². The van der Waals surface area contributed by atoms with Crippen LogP contribution in [-0.2, 0) is 0 Å². The van der Waals surface area contributed by atoms with E-state index in [2.05, 4.69) is 24.8 Å². The van der Waals surface area contributed by atoms with Crippen LogP contribution in [-0.4, -0.2) is 9.98 Å². The average molecular weight is 182 g/mol. The number of hydrogen-bond acceptors (Lipinski definition) is 2. The lowest BCUT2D eigenvalue weighted by molar-refractivity contribution is 0.107. The molecule has 1 aromatic rings. The lowest BCUT2D eigenvalue weighted by atomic mass is 10.2. The average Bonchev–Trinajstić information content (AvgIpc) is 2.05. The van der Waals surface area contributed by atoms with Crippen molar-refractivity contribution in [3.8, 4) is 0 Å². The van der Waals surface area contributed by atoms with E-state index in [1.165, 1.54) is 0 Å². The molecule has 1 rings (SSSR count). The van der Waals surface area contributed by atoms with Crippen molar-refractivity contribution in [3.05, 3.63) is 35.9 Å². The lowest BCUT2D eigenvalue weighted by Crippen LogP contribution is -2.04. The molecule has 0 amide bonds. The number of rotatable bonds is 2. The number of Topliss-reactive ketones (excluding diaryl/α,β-unsaturated/α-hetero) is 1. The summed E-state index contributed by atoms with van der Waals surface area (Å²) in [6.45, 7) is 0. The smallest absolute Gasteiger partial charge is 0.209 e. The van der Waals surface area contributed by atoms with E-state index in [-0.39, 0.29) is 9.98 Å². The first-order valence-corrected chi connectivity index (χ1v) is 3.90. The van der Waals surface area contributed by atoms with Crippen LogP contribution in [0.15, 0.2) is 30.3 Å². The van der Waals surface area contributed by atoms with Crippen LogP contribution in [0, 0.1) is 0 Å². The third-order valence-corrected chi connectivity index (χ3v) is 1.62. The number of ketones is 1. The summed E-state index contributed by atoms with van der Waals surface area (Å²) in [6.07, 6.45) is 0. The molecule has 3 heteroatoms. The maximum absolute atomic E-state index is 11.1. The van der Waals surface area contributed by atoms with Gasteiger partial charge in [-0.2, -0.15) is 0 Å². The van der Waals surface area contributed by atoms with Gasteiger partial charge in [0, 0.05) is 5.56 Å². The fourth-order valence-corrected chi connectivity index (χ4v) is 0.960. The van der Waals surface area contributed by atoms with Gasteiger partial charge in [-0.1, -0.05) is 42.5 Å². The van der Waals surface area contributed by atoms with Gasteiger partial charge in [0.1, 0.15) is 4.20 Å². The molecule has 0 heterocycles. The lowest BCUT2D eigenvalue weighted by Gasteiger charge is -1.94. The van der Waals surface area contributed by atoms with Crippen molar-refractivity contribution in [2.45, 2.75) is 0 Å². The molecule has 0 radical (unpaired) electrons. The molecule has 0 aliphatic heterocycles. The first kappa shape index (κ1) is 8.43. The van der Waals surface area contributed by atoms with E-state index in [1.807, 2.05) is 6.07 Å². The number of hydrogen-bond donors (Lipinski definition) is 1. The van der Waals surface area contributed by atoms with Gasteiger partial charge in [0.05, 0.1) is 0 Å². The van der Waals surface area contributed by atoms with Crippen LogP contribution < -0.4 is 0 Å². The van der Waals surface area contributed by atoms with Crippen LogP contribution in [0.25, 0.3) is 0 Å². The van der Waals surface area contributed by atoms with Crippen molar-refractivity contribution >= 4 is 34.8 Å². The molecule has 0 bridgehead atoms. The van der Waals surface area contributed by atoms with Crippen molar-refractivity contribution < 1.29 is 4.79 Å². The molecular formula is C8H6OS2. The fraction of sp³-hybridized carbons (Fsp3) is 0. The predicted molar refractivity (Wildman–Crippen MR) is 52.4 cm³/mol. The Morgan fingerprint density at radius 3 is 2.27 bits per heavy atom. The summed E-state index contributed by atoms with van der Waals surface area (Å²) >= 11 is 8.40. The first-order chi connectivity index (χ1) is 5.22. The second kappa shape index (κ2) is 3.64. The van der Waals surface area contributed by atoms with Gasteiger partial charge in [0.2, 0.25) is 5.78 Å². The standard InChI is InChI=1S/C8H6OS2/c9-7(8(10)11)6-4-2-1-3-5-6/h1-5H,(H,10,11). The van der Waals surface area contributed by atoms with Crippen molar-refractivity contribution in [1.82, 2.24) is 0 Å². The van der Waals surface area contributed by atoms with Gasteiger partial charge in [0.15, 0.2) is 0 Å². The Bertz CT molecular complexity index is 279. The Morgan fingerprint density at radius 1 is 1.27 bits per heavy atom. The van der Waals surface area contributed by atoms with E-state index in [4.69, 9.17) is 0 Å². The number of carbonyl (C=O) groups excluding carboxylic acids is 1. The van der Waals surface area contributed by atoms with Gasteiger partial charge in [0.25, 0.3) is 0 Å². The fourth-order valence-electron chi connectivity index (χ4n) is 0.713. The van der Waals surface area contributed by atoms with E-state index in [0.29, 0.717) is 5.56 Å². The largest absolute Gasteiger partial charge is 0.287 e. The Hall–Kier alpha value is -0.670.